The number of aryl methyl sites for hydroxylation is 1. The van der Waals surface area contributed by atoms with Crippen LogP contribution in [-0.4, -0.2) is 47.1 Å². The third-order valence-corrected chi connectivity index (χ3v) is 6.30. The van der Waals surface area contributed by atoms with Crippen molar-refractivity contribution in [1.82, 2.24) is 14.9 Å². The summed E-state index contributed by atoms with van der Waals surface area (Å²) in [5.41, 5.74) is 3.31. The van der Waals surface area contributed by atoms with Crippen molar-refractivity contribution in [2.24, 2.45) is 0 Å². The molecule has 2 heterocycles. The zero-order valence-corrected chi connectivity index (χ0v) is 19.1. The van der Waals surface area contributed by atoms with Crippen molar-refractivity contribution in [3.63, 3.8) is 0 Å². The Bertz CT molecular complexity index is 1020. The normalized spacial score (nSPS) is 15.6. The van der Waals surface area contributed by atoms with Crippen LogP contribution in [0, 0.1) is 6.92 Å². The summed E-state index contributed by atoms with van der Waals surface area (Å²) in [5, 5.41) is 3.76. The zero-order chi connectivity index (χ0) is 22.2. The monoisotopic (exact) mass is 451 g/mol. The maximum Gasteiger partial charge on any atom is 0.230 e. The summed E-state index contributed by atoms with van der Waals surface area (Å²) in [6.45, 7) is 4.49. The Hall–Kier alpha value is -2.77. The molecule has 0 spiro atoms. The number of nitrogens with zero attached hydrogens (tertiary/aromatic N) is 2. The number of thioether (sulfide) groups is 1. The predicted octanol–water partition coefficient (Wildman–Crippen LogP) is 4.32. The number of carbonyl (C=O) groups excluding carboxylic acids is 1. The molecule has 1 saturated heterocycles. The molecule has 1 amide bonds. The largest absolute Gasteiger partial charge is 0.492 e. The molecule has 1 atom stereocenters. The summed E-state index contributed by atoms with van der Waals surface area (Å²) in [7, 11) is 0. The minimum atomic E-state index is -0.0317. The summed E-state index contributed by atoms with van der Waals surface area (Å²) in [6, 6.07) is 18.1. The number of nitrogens with one attached hydrogen (secondary N) is 1. The van der Waals surface area contributed by atoms with Gasteiger partial charge in [0.15, 0.2) is 5.16 Å². The fourth-order valence-electron chi connectivity index (χ4n) is 3.73. The van der Waals surface area contributed by atoms with Crippen LogP contribution in [0.5, 0.6) is 5.75 Å². The summed E-state index contributed by atoms with van der Waals surface area (Å²) >= 11 is 1.45. The second-order valence-electron chi connectivity index (χ2n) is 7.84. The highest BCUT2D eigenvalue weighted by molar-refractivity contribution is 7.99. The Morgan fingerprint density at radius 3 is 2.91 bits per heavy atom. The van der Waals surface area contributed by atoms with Crippen molar-refractivity contribution in [3.8, 4) is 17.0 Å². The van der Waals surface area contributed by atoms with E-state index in [1.165, 1.54) is 11.8 Å². The van der Waals surface area contributed by atoms with E-state index < -0.39 is 0 Å². The average Bonchev–Trinajstić information content (AvgIpc) is 3.46. The maximum atomic E-state index is 12.4. The van der Waals surface area contributed by atoms with Crippen LogP contribution in [0.2, 0.25) is 0 Å². The van der Waals surface area contributed by atoms with Crippen molar-refractivity contribution in [2.75, 3.05) is 25.5 Å². The number of imidazole rings is 1. The molecule has 32 heavy (non-hydrogen) atoms. The number of carbonyl (C=O) groups is 1. The highest BCUT2D eigenvalue weighted by atomic mass is 32.2. The fraction of sp³-hybridized carbons (Fsp3) is 0.360. The molecular weight excluding hydrogens is 422 g/mol. The first-order chi connectivity index (χ1) is 15.7. The number of benzene rings is 2. The lowest BCUT2D eigenvalue weighted by Crippen LogP contribution is -2.29. The molecule has 0 bridgehead atoms. The first kappa shape index (κ1) is 22.4. The van der Waals surface area contributed by atoms with Crippen LogP contribution in [0.1, 0.15) is 18.4 Å². The van der Waals surface area contributed by atoms with Gasteiger partial charge in [-0.15, -0.1) is 0 Å². The summed E-state index contributed by atoms with van der Waals surface area (Å²) in [4.78, 5) is 17.0. The van der Waals surface area contributed by atoms with E-state index in [1.807, 2.05) is 55.6 Å². The smallest absolute Gasteiger partial charge is 0.230 e. The molecule has 0 aliphatic carbocycles. The lowest BCUT2D eigenvalue weighted by Gasteiger charge is -2.16. The Labute approximate surface area is 193 Å². The number of rotatable bonds is 10. The van der Waals surface area contributed by atoms with E-state index in [0.29, 0.717) is 18.9 Å². The lowest BCUT2D eigenvalue weighted by atomic mass is 10.1. The first-order valence-corrected chi connectivity index (χ1v) is 12.0. The SMILES string of the molecule is Cc1cccc(OCCNC(=O)CSc2ncc(-c3ccccc3)n2CC2CCCO2)c1. The molecular formula is C25H29N3O3S. The molecule has 0 saturated carbocycles. The van der Waals surface area contributed by atoms with E-state index in [9.17, 15) is 4.79 Å². The van der Waals surface area contributed by atoms with Crippen LogP contribution in [0.3, 0.4) is 0 Å². The molecule has 1 aliphatic rings. The third-order valence-electron chi connectivity index (χ3n) is 5.31. The van der Waals surface area contributed by atoms with Crippen molar-refractivity contribution in [2.45, 2.75) is 37.6 Å². The molecule has 1 unspecified atom stereocenters. The summed E-state index contributed by atoms with van der Waals surface area (Å²) in [6.07, 6.45) is 4.23. The van der Waals surface area contributed by atoms with Gasteiger partial charge in [0, 0.05) is 6.61 Å². The highest BCUT2D eigenvalue weighted by Gasteiger charge is 2.21. The van der Waals surface area contributed by atoms with Gasteiger partial charge >= 0.3 is 0 Å². The van der Waals surface area contributed by atoms with Crippen LogP contribution in [0.4, 0.5) is 0 Å². The molecule has 1 N–H and O–H groups in total. The maximum absolute atomic E-state index is 12.4. The molecule has 2 aromatic carbocycles. The topological polar surface area (TPSA) is 65.4 Å². The molecule has 1 aromatic heterocycles. The van der Waals surface area contributed by atoms with Crippen LogP contribution in [0.15, 0.2) is 66.0 Å². The highest BCUT2D eigenvalue weighted by Crippen LogP contribution is 2.28. The predicted molar refractivity (Wildman–Crippen MR) is 127 cm³/mol. The van der Waals surface area contributed by atoms with Crippen LogP contribution >= 0.6 is 11.8 Å². The first-order valence-electron chi connectivity index (χ1n) is 11.0. The van der Waals surface area contributed by atoms with E-state index in [2.05, 4.69) is 27.0 Å². The standard InChI is InChI=1S/C25H29N3O3S/c1-19-7-5-10-21(15-19)31-14-12-26-24(29)18-32-25-27-16-23(20-8-3-2-4-9-20)28(25)17-22-11-6-13-30-22/h2-5,7-10,15-16,22H,6,11-14,17-18H2,1H3,(H,26,29). The van der Waals surface area contributed by atoms with E-state index in [-0.39, 0.29) is 12.0 Å². The van der Waals surface area contributed by atoms with E-state index >= 15 is 0 Å². The fourth-order valence-corrected chi connectivity index (χ4v) is 4.55. The number of aromatic nitrogens is 2. The molecule has 1 aliphatic heterocycles. The van der Waals surface area contributed by atoms with Gasteiger partial charge in [-0.3, -0.25) is 4.79 Å². The molecule has 7 heteroatoms. The molecule has 3 aromatic rings. The lowest BCUT2D eigenvalue weighted by molar-refractivity contribution is -0.118. The van der Waals surface area contributed by atoms with Crippen molar-refractivity contribution < 1.29 is 14.3 Å². The van der Waals surface area contributed by atoms with E-state index in [0.717, 1.165) is 53.7 Å². The van der Waals surface area contributed by atoms with Gasteiger partial charge in [0.05, 0.1) is 36.8 Å². The Morgan fingerprint density at radius 1 is 1.25 bits per heavy atom. The van der Waals surface area contributed by atoms with Gasteiger partial charge in [0.2, 0.25) is 5.91 Å². The number of hydrogen-bond acceptors (Lipinski definition) is 5. The summed E-state index contributed by atoms with van der Waals surface area (Å²) < 4.78 is 13.7. The third kappa shape index (κ3) is 6.14. The van der Waals surface area contributed by atoms with Crippen molar-refractivity contribution >= 4 is 17.7 Å². The Kier molecular flexibility index (Phi) is 7.85. The van der Waals surface area contributed by atoms with Gasteiger partial charge < -0.3 is 19.4 Å². The number of hydrogen-bond donors (Lipinski definition) is 1. The van der Waals surface area contributed by atoms with Crippen molar-refractivity contribution in [1.29, 1.82) is 0 Å². The number of ether oxygens (including phenoxy) is 2. The van der Waals surface area contributed by atoms with Gasteiger partial charge in [-0.25, -0.2) is 4.98 Å². The molecule has 6 nitrogen and oxygen atoms in total. The quantitative estimate of drug-likeness (QED) is 0.367. The minimum Gasteiger partial charge on any atom is -0.492 e. The second-order valence-corrected chi connectivity index (χ2v) is 8.78. The Balaban J connectivity index is 1.31. The van der Waals surface area contributed by atoms with Gasteiger partial charge in [-0.05, 0) is 43.0 Å². The number of amides is 1. The molecule has 168 valence electrons. The van der Waals surface area contributed by atoms with E-state index in [1.54, 1.807) is 0 Å². The van der Waals surface area contributed by atoms with E-state index in [4.69, 9.17) is 9.47 Å². The molecule has 4 rings (SSSR count). The molecule has 0 radical (unpaired) electrons. The van der Waals surface area contributed by atoms with Crippen LogP contribution < -0.4 is 10.1 Å². The van der Waals surface area contributed by atoms with Gasteiger partial charge in [-0.1, -0.05) is 54.2 Å². The van der Waals surface area contributed by atoms with Gasteiger partial charge in [0.25, 0.3) is 0 Å². The van der Waals surface area contributed by atoms with Gasteiger partial charge in [0.1, 0.15) is 12.4 Å². The van der Waals surface area contributed by atoms with Gasteiger partial charge in [-0.2, -0.15) is 0 Å². The van der Waals surface area contributed by atoms with Crippen LogP contribution in [-0.2, 0) is 16.1 Å². The second kappa shape index (κ2) is 11.2. The zero-order valence-electron chi connectivity index (χ0n) is 18.3. The summed E-state index contributed by atoms with van der Waals surface area (Å²) in [5.74, 6) is 1.09. The molecule has 1 fully saturated rings. The average molecular weight is 452 g/mol. The Morgan fingerprint density at radius 2 is 2.12 bits per heavy atom. The minimum absolute atomic E-state index is 0.0317. The van der Waals surface area contributed by atoms with Crippen LogP contribution in [0.25, 0.3) is 11.3 Å². The van der Waals surface area contributed by atoms with Crippen molar-refractivity contribution in [3.05, 3.63) is 66.4 Å².